The average Bonchev–Trinajstić information content (AvgIpc) is 3.02. The van der Waals surface area contributed by atoms with Crippen LogP contribution in [0.25, 0.3) is 11.1 Å². The molecule has 4 aromatic rings. The van der Waals surface area contributed by atoms with Gasteiger partial charge in [-0.25, -0.2) is 4.79 Å². The number of anilines is 1. The lowest BCUT2D eigenvalue weighted by molar-refractivity contribution is -0.207. The molecule has 4 aromatic carbocycles. The van der Waals surface area contributed by atoms with Crippen molar-refractivity contribution in [3.05, 3.63) is 114 Å². The van der Waals surface area contributed by atoms with E-state index >= 15 is 0 Å². The molecular weight excluding hydrogens is 575 g/mol. The summed E-state index contributed by atoms with van der Waals surface area (Å²) in [5, 5.41) is 0. The topological polar surface area (TPSA) is 111 Å². The predicted molar refractivity (Wildman–Crippen MR) is 158 cm³/mol. The van der Waals surface area contributed by atoms with Gasteiger partial charge in [0.25, 0.3) is 5.91 Å². The van der Waals surface area contributed by atoms with Crippen LogP contribution in [-0.4, -0.2) is 24.0 Å². The third-order valence-electron chi connectivity index (χ3n) is 6.62. The molecular formula is C33H30F3N3O5. The third kappa shape index (κ3) is 8.45. The number of nitrogens with two attached hydrogens (primary N) is 1. The standard InChI is InChI=1S/C33H30F3N3O5/c1-22-7-2-3-10-27(22)25-15-13-23(14-16-25)21-39(31(41)18-17-30(40)38-44-32(42)33(34,35)36)28-11-4-5-12-29(28)43-26-9-6-8-24(19-26)20-37/h2-16,19H,17-18,20-21,37H2,1H3,(H,38,40). The van der Waals surface area contributed by atoms with Gasteiger partial charge in [-0.3, -0.25) is 9.59 Å². The van der Waals surface area contributed by atoms with Gasteiger partial charge in [-0.15, -0.1) is 0 Å². The summed E-state index contributed by atoms with van der Waals surface area (Å²) in [5.74, 6) is -3.30. The van der Waals surface area contributed by atoms with Crippen LogP contribution in [0.5, 0.6) is 11.5 Å². The quantitative estimate of drug-likeness (QED) is 0.204. The second-order valence-corrected chi connectivity index (χ2v) is 9.83. The molecule has 0 heterocycles. The molecule has 3 N–H and O–H groups in total. The van der Waals surface area contributed by atoms with Gasteiger partial charge in [0.1, 0.15) is 5.75 Å². The summed E-state index contributed by atoms with van der Waals surface area (Å²) in [6.07, 6.45) is -6.20. The third-order valence-corrected chi connectivity index (χ3v) is 6.62. The largest absolute Gasteiger partial charge is 0.493 e. The Balaban J connectivity index is 1.58. The lowest BCUT2D eigenvalue weighted by Gasteiger charge is -2.25. The lowest BCUT2D eigenvalue weighted by atomic mass is 9.99. The van der Waals surface area contributed by atoms with Gasteiger partial charge in [-0.2, -0.15) is 18.7 Å². The van der Waals surface area contributed by atoms with Crippen molar-refractivity contribution in [3.63, 3.8) is 0 Å². The molecule has 0 aliphatic heterocycles. The molecule has 8 nitrogen and oxygen atoms in total. The Kier molecular flexibility index (Phi) is 10.4. The van der Waals surface area contributed by atoms with E-state index in [1.807, 2.05) is 61.5 Å². The van der Waals surface area contributed by atoms with Crippen molar-refractivity contribution in [2.24, 2.45) is 5.73 Å². The maximum atomic E-state index is 13.6. The molecule has 0 aliphatic rings. The van der Waals surface area contributed by atoms with Gasteiger partial charge < -0.3 is 20.2 Å². The number of aryl methyl sites for hydroxylation is 1. The Morgan fingerprint density at radius 2 is 1.55 bits per heavy atom. The first-order chi connectivity index (χ1) is 21.0. The van der Waals surface area contributed by atoms with Crippen LogP contribution in [0.3, 0.4) is 0 Å². The van der Waals surface area contributed by atoms with Gasteiger partial charge in [-0.05, 0) is 59.0 Å². The van der Waals surface area contributed by atoms with E-state index in [9.17, 15) is 27.6 Å². The molecule has 2 amide bonds. The number of ether oxygens (including phenoxy) is 1. The number of para-hydroxylation sites is 2. The molecule has 0 atom stereocenters. The van der Waals surface area contributed by atoms with Gasteiger partial charge in [0.05, 0.1) is 12.2 Å². The highest BCUT2D eigenvalue weighted by Gasteiger charge is 2.42. The van der Waals surface area contributed by atoms with Gasteiger partial charge in [0.15, 0.2) is 5.75 Å². The number of nitrogens with zero attached hydrogens (tertiary/aromatic N) is 1. The highest BCUT2D eigenvalue weighted by Crippen LogP contribution is 2.34. The number of benzene rings is 4. The number of amides is 2. The van der Waals surface area contributed by atoms with Crippen molar-refractivity contribution in [1.29, 1.82) is 0 Å². The van der Waals surface area contributed by atoms with E-state index in [0.717, 1.165) is 27.8 Å². The Hall–Kier alpha value is -5.16. The maximum absolute atomic E-state index is 13.6. The summed E-state index contributed by atoms with van der Waals surface area (Å²) in [4.78, 5) is 41.8. The molecule has 228 valence electrons. The zero-order valence-corrected chi connectivity index (χ0v) is 23.8. The second kappa shape index (κ2) is 14.3. The molecule has 0 fully saturated rings. The van der Waals surface area contributed by atoms with Crippen LogP contribution in [0.1, 0.15) is 29.5 Å². The van der Waals surface area contributed by atoms with Crippen molar-refractivity contribution in [3.8, 4) is 22.6 Å². The van der Waals surface area contributed by atoms with Crippen molar-refractivity contribution < 1.29 is 37.1 Å². The minimum Gasteiger partial charge on any atom is -0.455 e. The van der Waals surface area contributed by atoms with Crippen LogP contribution >= 0.6 is 0 Å². The number of carbonyl (C=O) groups excluding carboxylic acids is 3. The molecule has 0 aliphatic carbocycles. The molecule has 0 spiro atoms. The second-order valence-electron chi connectivity index (χ2n) is 9.83. The normalized spacial score (nSPS) is 11.0. The Morgan fingerprint density at radius 3 is 2.25 bits per heavy atom. The molecule has 0 aromatic heterocycles. The number of carbonyl (C=O) groups is 3. The SMILES string of the molecule is Cc1ccccc1-c1ccc(CN(C(=O)CCC(=O)NOC(=O)C(F)(F)F)c2ccccc2Oc2cccc(CN)c2)cc1. The molecule has 0 saturated carbocycles. The molecule has 11 heteroatoms. The number of alkyl halides is 3. The predicted octanol–water partition coefficient (Wildman–Crippen LogP) is 6.36. The Morgan fingerprint density at radius 1 is 0.841 bits per heavy atom. The van der Waals surface area contributed by atoms with Crippen molar-refractivity contribution in [1.82, 2.24) is 5.48 Å². The van der Waals surface area contributed by atoms with Crippen LogP contribution in [0, 0.1) is 6.92 Å². The Labute approximate surface area is 252 Å². The maximum Gasteiger partial charge on any atom is 0.493 e. The fourth-order valence-electron chi connectivity index (χ4n) is 4.37. The molecule has 0 radical (unpaired) electrons. The van der Waals surface area contributed by atoms with Crippen molar-refractivity contribution >= 4 is 23.5 Å². The number of hydrogen-bond acceptors (Lipinski definition) is 6. The zero-order valence-electron chi connectivity index (χ0n) is 23.8. The summed E-state index contributed by atoms with van der Waals surface area (Å²) < 4.78 is 43.3. The van der Waals surface area contributed by atoms with Crippen LogP contribution in [0.15, 0.2) is 97.1 Å². The van der Waals surface area contributed by atoms with E-state index in [1.165, 1.54) is 10.4 Å². The minimum atomic E-state index is -5.28. The van der Waals surface area contributed by atoms with Crippen molar-refractivity contribution in [2.45, 2.75) is 39.0 Å². The first-order valence-electron chi connectivity index (χ1n) is 13.6. The summed E-state index contributed by atoms with van der Waals surface area (Å²) in [6.45, 7) is 2.42. The number of rotatable bonds is 10. The number of hydrogen-bond donors (Lipinski definition) is 2. The number of hydroxylamine groups is 1. The molecule has 0 saturated heterocycles. The first-order valence-corrected chi connectivity index (χ1v) is 13.6. The van der Waals surface area contributed by atoms with Crippen molar-refractivity contribution in [2.75, 3.05) is 4.90 Å². The van der Waals surface area contributed by atoms with E-state index in [4.69, 9.17) is 10.5 Å². The average molecular weight is 606 g/mol. The highest BCUT2D eigenvalue weighted by atomic mass is 19.4. The van der Waals surface area contributed by atoms with Gasteiger partial charge in [-0.1, -0.05) is 72.8 Å². The van der Waals surface area contributed by atoms with Gasteiger partial charge in [0, 0.05) is 19.4 Å². The van der Waals surface area contributed by atoms with Crippen LogP contribution in [0.4, 0.5) is 18.9 Å². The van der Waals surface area contributed by atoms with E-state index in [2.05, 4.69) is 4.84 Å². The smallest absolute Gasteiger partial charge is 0.455 e. The first kappa shape index (κ1) is 31.8. The van der Waals surface area contributed by atoms with Crippen LogP contribution < -0.4 is 20.9 Å². The van der Waals surface area contributed by atoms with Crippen LogP contribution in [-0.2, 0) is 32.3 Å². The summed E-state index contributed by atoms with van der Waals surface area (Å²) in [7, 11) is 0. The lowest BCUT2D eigenvalue weighted by Crippen LogP contribution is -2.36. The van der Waals surface area contributed by atoms with Gasteiger partial charge in [0.2, 0.25) is 5.91 Å². The van der Waals surface area contributed by atoms with E-state index in [0.29, 0.717) is 23.7 Å². The van der Waals surface area contributed by atoms with Gasteiger partial charge >= 0.3 is 12.1 Å². The summed E-state index contributed by atoms with van der Waals surface area (Å²) >= 11 is 0. The highest BCUT2D eigenvalue weighted by molar-refractivity contribution is 5.96. The fourth-order valence-corrected chi connectivity index (χ4v) is 4.37. The minimum absolute atomic E-state index is 0.0980. The molecule has 0 unspecified atom stereocenters. The summed E-state index contributed by atoms with van der Waals surface area (Å²) in [5.41, 5.74) is 12.4. The monoisotopic (exact) mass is 605 g/mol. The zero-order chi connectivity index (χ0) is 31.7. The summed E-state index contributed by atoms with van der Waals surface area (Å²) in [6, 6.07) is 29.6. The van der Waals surface area contributed by atoms with E-state index < -0.39 is 36.8 Å². The molecule has 44 heavy (non-hydrogen) atoms. The van der Waals surface area contributed by atoms with E-state index in [1.54, 1.807) is 42.5 Å². The molecule has 4 rings (SSSR count). The number of halogens is 3. The fraction of sp³-hybridized carbons (Fsp3) is 0.182. The molecule has 0 bridgehead atoms. The van der Waals surface area contributed by atoms with E-state index in [-0.39, 0.29) is 6.54 Å². The van der Waals surface area contributed by atoms with Crippen LogP contribution in [0.2, 0.25) is 0 Å². The number of nitrogens with one attached hydrogen (secondary N) is 1. The Bertz CT molecular complexity index is 1620.